The van der Waals surface area contributed by atoms with E-state index in [0.29, 0.717) is 6.42 Å². The van der Waals surface area contributed by atoms with E-state index in [2.05, 4.69) is 10.6 Å². The molecule has 1 aromatic rings. The van der Waals surface area contributed by atoms with Crippen LogP contribution in [0.5, 0.6) is 0 Å². The van der Waals surface area contributed by atoms with Gasteiger partial charge in [-0.05, 0) is 31.7 Å². The summed E-state index contributed by atoms with van der Waals surface area (Å²) in [5.41, 5.74) is -1.65. The zero-order valence-corrected chi connectivity index (χ0v) is 12.4. The number of hydrogen-bond acceptors (Lipinski definition) is 2. The first-order valence-corrected chi connectivity index (χ1v) is 7.61. The number of halogens is 3. The van der Waals surface area contributed by atoms with E-state index in [1.807, 2.05) is 0 Å². The Morgan fingerprint density at radius 3 is 2.70 bits per heavy atom. The van der Waals surface area contributed by atoms with Gasteiger partial charge in [-0.15, -0.1) is 0 Å². The lowest BCUT2D eigenvalue weighted by Gasteiger charge is -2.50. The van der Waals surface area contributed by atoms with Crippen LogP contribution in [0.1, 0.15) is 54.5 Å². The number of carbonyl (C=O) groups is 2. The molecule has 1 heterocycles. The molecule has 1 aliphatic heterocycles. The first kappa shape index (κ1) is 15.8. The average Bonchev–Trinajstić information content (AvgIpc) is 2.47. The molecule has 0 unspecified atom stereocenters. The predicted octanol–water partition coefficient (Wildman–Crippen LogP) is 2.69. The van der Waals surface area contributed by atoms with Crippen molar-refractivity contribution in [3.8, 4) is 0 Å². The molecule has 7 heteroatoms. The second-order valence-corrected chi connectivity index (χ2v) is 6.13. The van der Waals surface area contributed by atoms with Gasteiger partial charge in [0, 0.05) is 6.42 Å². The molecule has 0 aromatic heterocycles. The molecule has 2 aliphatic rings. The Morgan fingerprint density at radius 1 is 1.35 bits per heavy atom. The number of nitrogens with one attached hydrogen (secondary N) is 2. The summed E-state index contributed by atoms with van der Waals surface area (Å²) in [6.07, 6.45) is 0.226. The molecule has 23 heavy (non-hydrogen) atoms. The van der Waals surface area contributed by atoms with Crippen molar-refractivity contribution in [1.29, 1.82) is 0 Å². The van der Waals surface area contributed by atoms with Gasteiger partial charge in [0.05, 0.1) is 22.7 Å². The van der Waals surface area contributed by atoms with Crippen molar-refractivity contribution in [2.75, 3.05) is 0 Å². The Kier molecular flexibility index (Phi) is 4.04. The molecule has 2 amide bonds. The number of rotatable bonds is 3. The molecule has 1 atom stereocenters. The minimum atomic E-state index is -2.98. The van der Waals surface area contributed by atoms with E-state index in [1.54, 1.807) is 0 Å². The Morgan fingerprint density at radius 2 is 2.09 bits per heavy atom. The van der Waals surface area contributed by atoms with E-state index in [1.165, 1.54) is 12.1 Å². The number of benzene rings is 1. The monoisotopic (exact) mass is 326 g/mol. The van der Waals surface area contributed by atoms with Gasteiger partial charge >= 0.3 is 0 Å². The second-order valence-electron chi connectivity index (χ2n) is 6.13. The highest BCUT2D eigenvalue weighted by Gasteiger charge is 2.48. The van der Waals surface area contributed by atoms with Crippen molar-refractivity contribution >= 4 is 11.8 Å². The van der Waals surface area contributed by atoms with Gasteiger partial charge in [-0.2, -0.15) is 0 Å². The topological polar surface area (TPSA) is 58.2 Å². The third-order valence-electron chi connectivity index (χ3n) is 4.77. The van der Waals surface area contributed by atoms with Gasteiger partial charge in [0.15, 0.2) is 0 Å². The van der Waals surface area contributed by atoms with Gasteiger partial charge in [-0.1, -0.05) is 12.1 Å². The third kappa shape index (κ3) is 2.80. The fourth-order valence-corrected chi connectivity index (χ4v) is 3.35. The summed E-state index contributed by atoms with van der Waals surface area (Å²) in [7, 11) is 0. The first-order valence-electron chi connectivity index (χ1n) is 7.61. The minimum Gasteiger partial charge on any atom is -0.349 e. The first-order chi connectivity index (χ1) is 10.9. The van der Waals surface area contributed by atoms with Gasteiger partial charge in [-0.25, -0.2) is 13.2 Å². The molecule has 2 N–H and O–H groups in total. The number of carbonyl (C=O) groups excluding carboxylic acids is 2. The van der Waals surface area contributed by atoms with E-state index in [0.717, 1.165) is 25.3 Å². The van der Waals surface area contributed by atoms with Crippen LogP contribution in [0, 0.1) is 5.82 Å². The van der Waals surface area contributed by atoms with Crippen LogP contribution >= 0.6 is 0 Å². The van der Waals surface area contributed by atoms with Gasteiger partial charge in [-0.3, -0.25) is 9.59 Å². The summed E-state index contributed by atoms with van der Waals surface area (Å²) in [4.78, 5) is 23.9. The maximum atomic E-state index is 14.1. The number of amides is 2. The maximum absolute atomic E-state index is 14.1. The van der Waals surface area contributed by atoms with Crippen LogP contribution in [0.25, 0.3) is 0 Å². The highest BCUT2D eigenvalue weighted by molar-refractivity contribution is 5.95. The second kappa shape index (κ2) is 5.86. The molecule has 1 aliphatic carbocycles. The lowest BCUT2D eigenvalue weighted by Crippen LogP contribution is -2.68. The van der Waals surface area contributed by atoms with Crippen LogP contribution in [-0.4, -0.2) is 23.4 Å². The molecular formula is C16H17F3N2O2. The quantitative estimate of drug-likeness (QED) is 0.897. The van der Waals surface area contributed by atoms with Crippen molar-refractivity contribution in [1.82, 2.24) is 10.6 Å². The summed E-state index contributed by atoms with van der Waals surface area (Å²) in [6.45, 7) is 0. The SMILES string of the molecule is O=C1CC[C@H](NC(=O)c2cccc(C(F)F)c2F)C2(CCC2)N1. The Bertz CT molecular complexity index is 644. The van der Waals surface area contributed by atoms with E-state index in [-0.39, 0.29) is 18.4 Å². The molecule has 2 fully saturated rings. The zero-order chi connectivity index (χ0) is 16.6. The van der Waals surface area contributed by atoms with Gasteiger partial charge in [0.2, 0.25) is 5.91 Å². The summed E-state index contributed by atoms with van der Waals surface area (Å²) in [5.74, 6) is -1.97. The molecule has 4 nitrogen and oxygen atoms in total. The Labute approximate surface area is 131 Å². The lowest BCUT2D eigenvalue weighted by atomic mass is 9.68. The highest BCUT2D eigenvalue weighted by atomic mass is 19.3. The van der Waals surface area contributed by atoms with E-state index < -0.39 is 34.8 Å². The molecule has 124 valence electrons. The average molecular weight is 326 g/mol. The summed E-state index contributed by atoms with van der Waals surface area (Å²) in [6, 6.07) is 3.08. The highest BCUT2D eigenvalue weighted by Crippen LogP contribution is 2.39. The number of alkyl halides is 2. The molecule has 0 radical (unpaired) electrons. The van der Waals surface area contributed by atoms with Gasteiger partial charge < -0.3 is 10.6 Å². The van der Waals surface area contributed by atoms with Crippen molar-refractivity contribution in [2.45, 2.75) is 50.1 Å². The van der Waals surface area contributed by atoms with Crippen molar-refractivity contribution in [3.05, 3.63) is 35.1 Å². The Balaban J connectivity index is 1.79. The van der Waals surface area contributed by atoms with Crippen LogP contribution in [0.4, 0.5) is 13.2 Å². The molecule has 1 saturated heterocycles. The van der Waals surface area contributed by atoms with Crippen molar-refractivity contribution in [2.24, 2.45) is 0 Å². The van der Waals surface area contributed by atoms with Crippen LogP contribution in [0.3, 0.4) is 0 Å². The molecule has 1 saturated carbocycles. The molecule has 1 spiro atoms. The van der Waals surface area contributed by atoms with Gasteiger partial charge in [0.25, 0.3) is 12.3 Å². The van der Waals surface area contributed by atoms with Crippen LogP contribution in [0.2, 0.25) is 0 Å². The fourth-order valence-electron chi connectivity index (χ4n) is 3.35. The smallest absolute Gasteiger partial charge is 0.266 e. The normalized spacial score (nSPS) is 22.6. The van der Waals surface area contributed by atoms with E-state index >= 15 is 0 Å². The van der Waals surface area contributed by atoms with E-state index in [9.17, 15) is 22.8 Å². The third-order valence-corrected chi connectivity index (χ3v) is 4.77. The van der Waals surface area contributed by atoms with Crippen LogP contribution in [0.15, 0.2) is 18.2 Å². The standard InChI is InChI=1S/C16H17F3N2O2/c17-13-9(14(18)19)3-1-4-10(13)15(23)20-11-5-6-12(22)21-16(11)7-2-8-16/h1,3-4,11,14H,2,5-8H2,(H,20,23)(H,21,22)/t11-/m0/s1. The summed E-state index contributed by atoms with van der Waals surface area (Å²) >= 11 is 0. The van der Waals surface area contributed by atoms with Crippen molar-refractivity contribution in [3.63, 3.8) is 0 Å². The molecular weight excluding hydrogens is 309 g/mol. The predicted molar refractivity (Wildman–Crippen MR) is 76.6 cm³/mol. The number of hydrogen-bond donors (Lipinski definition) is 2. The summed E-state index contributed by atoms with van der Waals surface area (Å²) < 4.78 is 39.5. The zero-order valence-electron chi connectivity index (χ0n) is 12.4. The van der Waals surface area contributed by atoms with E-state index in [4.69, 9.17) is 0 Å². The van der Waals surface area contributed by atoms with Crippen molar-refractivity contribution < 1.29 is 22.8 Å². The fraction of sp³-hybridized carbons (Fsp3) is 0.500. The van der Waals surface area contributed by atoms with Gasteiger partial charge in [0.1, 0.15) is 5.82 Å². The minimum absolute atomic E-state index is 0.0546. The van der Waals surface area contributed by atoms with Crippen LogP contribution in [-0.2, 0) is 4.79 Å². The number of piperidine rings is 1. The molecule has 3 rings (SSSR count). The van der Waals surface area contributed by atoms with Crippen LogP contribution < -0.4 is 10.6 Å². The molecule has 0 bridgehead atoms. The largest absolute Gasteiger partial charge is 0.349 e. The Hall–Kier alpha value is -2.05. The maximum Gasteiger partial charge on any atom is 0.266 e. The molecule has 1 aromatic carbocycles. The lowest BCUT2D eigenvalue weighted by molar-refractivity contribution is -0.127. The summed E-state index contributed by atoms with van der Waals surface area (Å²) in [5, 5.41) is 5.63.